The van der Waals surface area contributed by atoms with Crippen LogP contribution in [0.15, 0.2) is 36.4 Å². The summed E-state index contributed by atoms with van der Waals surface area (Å²) in [6, 6.07) is 4.79. The molecule has 2 rings (SSSR count). The minimum Gasteiger partial charge on any atom is -0.383 e. The monoisotopic (exact) mass is 364 g/mol. The van der Waals surface area contributed by atoms with Crippen LogP contribution < -0.4 is 0 Å². The van der Waals surface area contributed by atoms with Crippen molar-refractivity contribution in [3.63, 3.8) is 0 Å². The first kappa shape index (κ1) is 18.3. The van der Waals surface area contributed by atoms with Crippen LogP contribution in [0.1, 0.15) is 17.2 Å². The Balaban J connectivity index is 2.64. The van der Waals surface area contributed by atoms with Crippen LogP contribution in [0.25, 0.3) is 0 Å². The largest absolute Gasteiger partial charge is 0.383 e. The van der Waals surface area contributed by atoms with Gasteiger partial charge in [-0.15, -0.1) is 0 Å². The predicted molar refractivity (Wildman–Crippen MR) is 83.6 cm³/mol. The van der Waals surface area contributed by atoms with Gasteiger partial charge in [-0.3, -0.25) is 40.5 Å². The Bertz CT molecular complexity index is 868. The first-order valence-electron chi connectivity index (χ1n) is 6.67. The maximum atomic E-state index is 11.1. The molecule has 0 amide bonds. The van der Waals surface area contributed by atoms with Crippen molar-refractivity contribution in [2.24, 2.45) is 0 Å². The number of nitrogens with zero attached hydrogens (tertiary/aromatic N) is 4. The molecule has 1 N–H and O–H groups in total. The van der Waals surface area contributed by atoms with Gasteiger partial charge in [-0.05, 0) is 12.1 Å². The minimum absolute atomic E-state index is 0.433. The molecule has 0 radical (unpaired) electrons. The van der Waals surface area contributed by atoms with Gasteiger partial charge >= 0.3 is 0 Å². The van der Waals surface area contributed by atoms with E-state index in [2.05, 4.69) is 0 Å². The number of nitro benzene ring substituents is 4. The topological polar surface area (TPSA) is 193 Å². The van der Waals surface area contributed by atoms with E-state index in [0.29, 0.717) is 12.1 Å². The third kappa shape index (κ3) is 3.41. The summed E-state index contributed by atoms with van der Waals surface area (Å²) in [5.41, 5.74) is -3.72. The highest BCUT2D eigenvalue weighted by molar-refractivity contribution is 5.57. The average Bonchev–Trinajstić information content (AvgIpc) is 2.59. The molecule has 13 heteroatoms. The summed E-state index contributed by atoms with van der Waals surface area (Å²) in [7, 11) is 0. The maximum Gasteiger partial charge on any atom is 0.282 e. The van der Waals surface area contributed by atoms with Gasteiger partial charge in [0.25, 0.3) is 22.7 Å². The Hall–Kier alpha value is -4.00. The predicted octanol–water partition coefficient (Wildman–Crippen LogP) is 2.40. The van der Waals surface area contributed by atoms with Crippen molar-refractivity contribution in [2.45, 2.75) is 6.10 Å². The van der Waals surface area contributed by atoms with E-state index in [9.17, 15) is 45.6 Å². The molecule has 134 valence electrons. The molecule has 0 saturated heterocycles. The third-order valence-corrected chi connectivity index (χ3v) is 3.43. The van der Waals surface area contributed by atoms with Crippen LogP contribution in [0.2, 0.25) is 0 Å². The molecule has 0 fully saturated rings. The van der Waals surface area contributed by atoms with Gasteiger partial charge in [0.05, 0.1) is 43.0 Å². The van der Waals surface area contributed by atoms with Crippen molar-refractivity contribution in [1.82, 2.24) is 0 Å². The molecular weight excluding hydrogens is 356 g/mol. The smallest absolute Gasteiger partial charge is 0.282 e. The van der Waals surface area contributed by atoms with E-state index in [-0.39, 0.29) is 0 Å². The molecule has 0 spiro atoms. The summed E-state index contributed by atoms with van der Waals surface area (Å²) in [5.74, 6) is 0. The van der Waals surface area contributed by atoms with E-state index in [1.54, 1.807) is 0 Å². The van der Waals surface area contributed by atoms with Crippen LogP contribution in [-0.2, 0) is 0 Å². The van der Waals surface area contributed by atoms with Crippen molar-refractivity contribution in [3.05, 3.63) is 88.0 Å². The fourth-order valence-corrected chi connectivity index (χ4v) is 2.24. The fraction of sp³-hybridized carbons (Fsp3) is 0.0769. The quantitative estimate of drug-likeness (QED) is 0.591. The first-order valence-corrected chi connectivity index (χ1v) is 6.67. The van der Waals surface area contributed by atoms with E-state index in [1.165, 1.54) is 0 Å². The summed E-state index contributed by atoms with van der Waals surface area (Å²) in [5, 5.41) is 54.1. The van der Waals surface area contributed by atoms with Gasteiger partial charge in [-0.25, -0.2) is 0 Å². The van der Waals surface area contributed by atoms with E-state index >= 15 is 0 Å². The minimum atomic E-state index is -1.91. The summed E-state index contributed by atoms with van der Waals surface area (Å²) >= 11 is 0. The number of rotatable bonds is 6. The van der Waals surface area contributed by atoms with E-state index in [0.717, 1.165) is 24.3 Å². The van der Waals surface area contributed by atoms with Crippen molar-refractivity contribution in [3.8, 4) is 0 Å². The fourth-order valence-electron chi connectivity index (χ4n) is 2.24. The molecule has 0 bridgehead atoms. The summed E-state index contributed by atoms with van der Waals surface area (Å²) in [4.78, 5) is 40.0. The average molecular weight is 364 g/mol. The molecule has 0 aliphatic rings. The molecule has 13 nitrogen and oxygen atoms in total. The molecule has 0 heterocycles. The van der Waals surface area contributed by atoms with Crippen LogP contribution in [0.4, 0.5) is 22.7 Å². The zero-order chi connectivity index (χ0) is 19.6. The van der Waals surface area contributed by atoms with Gasteiger partial charge in [-0.2, -0.15) is 0 Å². The SMILES string of the molecule is O=[N+]([O-])c1ccc(C(O)c2ccc([N+](=O)[O-])cc2[N+](=O)[O-])c([N+](=O)[O-])c1. The van der Waals surface area contributed by atoms with E-state index in [4.69, 9.17) is 0 Å². The zero-order valence-corrected chi connectivity index (χ0v) is 12.5. The maximum absolute atomic E-state index is 11.1. The number of nitro groups is 4. The van der Waals surface area contributed by atoms with Gasteiger partial charge < -0.3 is 5.11 Å². The van der Waals surface area contributed by atoms with Gasteiger partial charge in [0.1, 0.15) is 6.10 Å². The normalized spacial score (nSPS) is 10.5. The van der Waals surface area contributed by atoms with Crippen molar-refractivity contribution < 1.29 is 24.8 Å². The third-order valence-electron chi connectivity index (χ3n) is 3.43. The van der Waals surface area contributed by atoms with Gasteiger partial charge in [-0.1, -0.05) is 0 Å². The molecule has 0 atom stereocenters. The number of aliphatic hydroxyl groups is 1. The van der Waals surface area contributed by atoms with Gasteiger partial charge in [0.2, 0.25) is 0 Å². The van der Waals surface area contributed by atoms with E-state index in [1.807, 2.05) is 0 Å². The molecule has 0 unspecified atom stereocenters. The van der Waals surface area contributed by atoms with Crippen molar-refractivity contribution >= 4 is 22.7 Å². The highest BCUT2D eigenvalue weighted by atomic mass is 16.6. The molecule has 2 aromatic carbocycles. The number of benzene rings is 2. The standard InChI is InChI=1S/C13H8N4O9/c18-13(9-3-1-7(14(19)20)5-11(9)16(23)24)10-4-2-8(15(21)22)6-12(10)17(25)26/h1-6,13,18H. The number of hydrogen-bond donors (Lipinski definition) is 1. The second-order valence-corrected chi connectivity index (χ2v) is 4.92. The molecule has 0 aliphatic heterocycles. The van der Waals surface area contributed by atoms with Crippen molar-refractivity contribution in [2.75, 3.05) is 0 Å². The number of aliphatic hydroxyl groups excluding tert-OH is 1. The van der Waals surface area contributed by atoms with Crippen molar-refractivity contribution in [1.29, 1.82) is 0 Å². The van der Waals surface area contributed by atoms with Crippen LogP contribution in [0.3, 0.4) is 0 Å². The summed E-state index contributed by atoms with van der Waals surface area (Å²) in [6.07, 6.45) is -1.91. The lowest BCUT2D eigenvalue weighted by atomic mass is 9.97. The number of hydrogen-bond acceptors (Lipinski definition) is 9. The Morgan fingerprint density at radius 3 is 1.27 bits per heavy atom. The Morgan fingerprint density at radius 2 is 1.00 bits per heavy atom. The van der Waals surface area contributed by atoms with Crippen LogP contribution >= 0.6 is 0 Å². The lowest BCUT2D eigenvalue weighted by Gasteiger charge is -2.12. The summed E-state index contributed by atoms with van der Waals surface area (Å²) < 4.78 is 0. The number of non-ortho nitro benzene ring substituents is 2. The lowest BCUT2D eigenvalue weighted by molar-refractivity contribution is -0.395. The molecule has 2 aromatic rings. The molecule has 0 saturated carbocycles. The Labute approximate surface area is 142 Å². The second-order valence-electron chi connectivity index (χ2n) is 4.92. The second kappa shape index (κ2) is 6.86. The van der Waals surface area contributed by atoms with Crippen LogP contribution in [-0.4, -0.2) is 24.8 Å². The molecular formula is C13H8N4O9. The van der Waals surface area contributed by atoms with Gasteiger partial charge in [0.15, 0.2) is 0 Å². The molecule has 26 heavy (non-hydrogen) atoms. The highest BCUT2D eigenvalue weighted by Crippen LogP contribution is 2.37. The summed E-state index contributed by atoms with van der Waals surface area (Å²) in [6.45, 7) is 0. The van der Waals surface area contributed by atoms with E-state index < -0.39 is 59.7 Å². The first-order chi connectivity index (χ1) is 12.1. The van der Waals surface area contributed by atoms with Crippen LogP contribution in [0, 0.1) is 40.5 Å². The lowest BCUT2D eigenvalue weighted by Crippen LogP contribution is -2.08. The Kier molecular flexibility index (Phi) is 4.84. The zero-order valence-electron chi connectivity index (χ0n) is 12.5. The Morgan fingerprint density at radius 1 is 0.654 bits per heavy atom. The van der Waals surface area contributed by atoms with Gasteiger partial charge in [0, 0.05) is 12.1 Å². The highest BCUT2D eigenvalue weighted by Gasteiger charge is 2.30. The van der Waals surface area contributed by atoms with Crippen LogP contribution in [0.5, 0.6) is 0 Å². The molecule has 0 aromatic heterocycles. The molecule has 0 aliphatic carbocycles.